The Kier molecular flexibility index (Phi) is 7.44. The molecule has 1 aromatic heterocycles. The molecule has 1 aliphatic carbocycles. The zero-order chi connectivity index (χ0) is 24.1. The van der Waals surface area contributed by atoms with Crippen LogP contribution in [0.5, 0.6) is 0 Å². The lowest BCUT2D eigenvalue weighted by atomic mass is 9.85. The molecule has 0 unspecified atom stereocenters. The maximum absolute atomic E-state index is 13.0. The minimum Gasteiger partial charge on any atom is -0.349 e. The number of benzene rings is 2. The monoisotopic (exact) mass is 477 g/mol. The third-order valence-electron chi connectivity index (χ3n) is 6.58. The topological polar surface area (TPSA) is 88.2 Å². The number of nitrogens with zero attached hydrogens (tertiary/aromatic N) is 1. The first-order valence-electron chi connectivity index (χ1n) is 11.7. The van der Waals surface area contributed by atoms with Crippen LogP contribution in [0.4, 0.5) is 0 Å². The Balaban J connectivity index is 1.33. The zero-order valence-electron chi connectivity index (χ0n) is 19.6. The van der Waals surface area contributed by atoms with Crippen LogP contribution in [0.1, 0.15) is 49.8 Å². The predicted molar refractivity (Wildman–Crippen MR) is 133 cm³/mol. The van der Waals surface area contributed by atoms with Crippen LogP contribution in [0.25, 0.3) is 11.1 Å². The van der Waals surface area contributed by atoms with E-state index in [0.717, 1.165) is 22.3 Å². The van der Waals surface area contributed by atoms with Gasteiger partial charge >= 0.3 is 0 Å². The molecule has 3 aromatic rings. The summed E-state index contributed by atoms with van der Waals surface area (Å²) in [6.07, 6.45) is 6.07. The van der Waals surface area contributed by atoms with Gasteiger partial charge < -0.3 is 5.32 Å². The van der Waals surface area contributed by atoms with Gasteiger partial charge in [-0.2, -0.15) is 0 Å². The van der Waals surface area contributed by atoms with Gasteiger partial charge in [-0.15, -0.1) is 0 Å². The summed E-state index contributed by atoms with van der Waals surface area (Å²) in [6.45, 7) is 3.89. The fourth-order valence-electron chi connectivity index (χ4n) is 4.58. The first kappa shape index (κ1) is 24.1. The average Bonchev–Trinajstić information content (AvgIpc) is 2.85. The molecule has 1 saturated carbocycles. The van der Waals surface area contributed by atoms with E-state index in [1.54, 1.807) is 24.5 Å². The molecule has 4 rings (SSSR count). The number of hydrogen-bond donors (Lipinski definition) is 2. The molecule has 2 aromatic carbocycles. The Morgan fingerprint density at radius 2 is 1.65 bits per heavy atom. The number of carbonyl (C=O) groups is 1. The van der Waals surface area contributed by atoms with Gasteiger partial charge in [0.15, 0.2) is 0 Å². The summed E-state index contributed by atoms with van der Waals surface area (Å²) in [6, 6.07) is 18.7. The van der Waals surface area contributed by atoms with E-state index < -0.39 is 10.0 Å². The summed E-state index contributed by atoms with van der Waals surface area (Å²) in [4.78, 5) is 17.0. The van der Waals surface area contributed by atoms with Crippen molar-refractivity contribution in [2.45, 2.75) is 56.5 Å². The van der Waals surface area contributed by atoms with E-state index in [1.165, 1.54) is 0 Å². The number of sulfonamides is 1. The SMILES string of the molecule is Cc1cc(S(=O)(=O)N[C@H]2CC[C@H](C(=O)N[C@H](C)c3ccccc3)CC2)ccc1-c1ccncc1. The predicted octanol–water partition coefficient (Wildman–Crippen LogP) is 4.77. The Hall–Kier alpha value is -3.03. The minimum absolute atomic E-state index is 0.0417. The quantitative estimate of drug-likeness (QED) is 0.513. The second kappa shape index (κ2) is 10.5. The molecule has 1 amide bonds. The van der Waals surface area contributed by atoms with Gasteiger partial charge in [0.1, 0.15) is 0 Å². The van der Waals surface area contributed by atoms with E-state index in [1.807, 2.05) is 62.4 Å². The number of aryl methyl sites for hydroxylation is 1. The van der Waals surface area contributed by atoms with Crippen molar-refractivity contribution in [1.29, 1.82) is 0 Å². The summed E-state index contributed by atoms with van der Waals surface area (Å²) in [5, 5.41) is 3.10. The number of aromatic nitrogens is 1. The van der Waals surface area contributed by atoms with Crippen molar-refractivity contribution in [3.8, 4) is 11.1 Å². The lowest BCUT2D eigenvalue weighted by Crippen LogP contribution is -2.41. The minimum atomic E-state index is -3.64. The molecule has 0 saturated heterocycles. The summed E-state index contributed by atoms with van der Waals surface area (Å²) >= 11 is 0. The molecule has 2 N–H and O–H groups in total. The van der Waals surface area contributed by atoms with Gasteiger partial charge in [-0.1, -0.05) is 36.4 Å². The van der Waals surface area contributed by atoms with Crippen molar-refractivity contribution < 1.29 is 13.2 Å². The first-order chi connectivity index (χ1) is 16.3. The van der Waals surface area contributed by atoms with Gasteiger partial charge in [0.2, 0.25) is 15.9 Å². The molecule has 1 aliphatic rings. The van der Waals surface area contributed by atoms with Crippen molar-refractivity contribution in [1.82, 2.24) is 15.0 Å². The molecule has 7 heteroatoms. The van der Waals surface area contributed by atoms with Crippen LogP contribution >= 0.6 is 0 Å². The molecule has 34 heavy (non-hydrogen) atoms. The number of hydrogen-bond acceptors (Lipinski definition) is 4. The highest BCUT2D eigenvalue weighted by Crippen LogP contribution is 2.28. The van der Waals surface area contributed by atoms with Crippen molar-refractivity contribution in [2.75, 3.05) is 0 Å². The van der Waals surface area contributed by atoms with Crippen molar-refractivity contribution in [3.63, 3.8) is 0 Å². The van der Waals surface area contributed by atoms with Gasteiger partial charge in [-0.3, -0.25) is 9.78 Å². The van der Waals surface area contributed by atoms with Crippen LogP contribution in [0.3, 0.4) is 0 Å². The number of nitrogens with one attached hydrogen (secondary N) is 2. The zero-order valence-corrected chi connectivity index (χ0v) is 20.4. The molecule has 0 aliphatic heterocycles. The maximum atomic E-state index is 13.0. The van der Waals surface area contributed by atoms with Crippen LogP contribution in [0.15, 0.2) is 78.0 Å². The number of amides is 1. The summed E-state index contributed by atoms with van der Waals surface area (Å²) in [5.41, 5.74) is 3.95. The molecule has 0 bridgehead atoms. The van der Waals surface area contributed by atoms with E-state index in [2.05, 4.69) is 15.0 Å². The lowest BCUT2D eigenvalue weighted by Gasteiger charge is -2.29. The van der Waals surface area contributed by atoms with Gasteiger partial charge in [0, 0.05) is 24.4 Å². The largest absolute Gasteiger partial charge is 0.349 e. The van der Waals surface area contributed by atoms with E-state index in [-0.39, 0.29) is 28.8 Å². The molecule has 1 atom stereocenters. The van der Waals surface area contributed by atoms with Crippen LogP contribution < -0.4 is 10.0 Å². The standard InChI is InChI=1S/C27H31N3O3S/c1-19-18-25(12-13-26(19)22-14-16-28-17-15-22)34(32,33)30-24-10-8-23(9-11-24)27(31)29-20(2)21-6-4-3-5-7-21/h3-7,12-18,20,23-24,30H,8-11H2,1-2H3,(H,29,31)/t20-,23-,24-/m1/s1. The second-order valence-electron chi connectivity index (χ2n) is 9.02. The first-order valence-corrected chi connectivity index (χ1v) is 13.2. The van der Waals surface area contributed by atoms with E-state index in [9.17, 15) is 13.2 Å². The maximum Gasteiger partial charge on any atom is 0.240 e. The summed E-state index contributed by atoms with van der Waals surface area (Å²) in [5.74, 6) is -0.0474. The summed E-state index contributed by atoms with van der Waals surface area (Å²) < 4.78 is 28.9. The van der Waals surface area contributed by atoms with Crippen molar-refractivity contribution in [3.05, 3.63) is 84.2 Å². The molecule has 178 valence electrons. The molecule has 1 fully saturated rings. The lowest BCUT2D eigenvalue weighted by molar-refractivity contribution is -0.126. The smallest absolute Gasteiger partial charge is 0.240 e. The van der Waals surface area contributed by atoms with Gasteiger partial charge in [-0.25, -0.2) is 13.1 Å². The van der Waals surface area contributed by atoms with Crippen LogP contribution in [0.2, 0.25) is 0 Å². The van der Waals surface area contributed by atoms with Crippen LogP contribution in [-0.2, 0) is 14.8 Å². The van der Waals surface area contributed by atoms with Gasteiger partial charge in [0.05, 0.1) is 10.9 Å². The Labute approximate surface area is 201 Å². The number of carbonyl (C=O) groups excluding carboxylic acids is 1. The third kappa shape index (κ3) is 5.72. The van der Waals surface area contributed by atoms with Crippen LogP contribution in [-0.4, -0.2) is 25.4 Å². The fourth-order valence-corrected chi connectivity index (χ4v) is 5.97. The number of rotatable bonds is 7. The highest BCUT2D eigenvalue weighted by molar-refractivity contribution is 7.89. The molecule has 0 spiro atoms. The Bertz CT molecular complexity index is 1220. The second-order valence-corrected chi connectivity index (χ2v) is 10.7. The van der Waals surface area contributed by atoms with Crippen molar-refractivity contribution in [2.24, 2.45) is 5.92 Å². The van der Waals surface area contributed by atoms with Gasteiger partial charge in [-0.05, 0) is 86.1 Å². The fraction of sp³-hybridized carbons (Fsp3) is 0.333. The molecule has 6 nitrogen and oxygen atoms in total. The normalized spacial score (nSPS) is 19.4. The number of pyridine rings is 1. The van der Waals surface area contributed by atoms with E-state index in [4.69, 9.17) is 0 Å². The van der Waals surface area contributed by atoms with Gasteiger partial charge in [0.25, 0.3) is 0 Å². The molecular formula is C27H31N3O3S. The van der Waals surface area contributed by atoms with Crippen molar-refractivity contribution >= 4 is 15.9 Å². The Morgan fingerprint density at radius 1 is 0.971 bits per heavy atom. The summed E-state index contributed by atoms with van der Waals surface area (Å²) in [7, 11) is -3.64. The molecule has 0 radical (unpaired) electrons. The molecular weight excluding hydrogens is 446 g/mol. The van der Waals surface area contributed by atoms with E-state index >= 15 is 0 Å². The third-order valence-corrected chi connectivity index (χ3v) is 8.10. The van der Waals surface area contributed by atoms with E-state index in [0.29, 0.717) is 25.7 Å². The highest BCUT2D eigenvalue weighted by atomic mass is 32.2. The molecule has 1 heterocycles. The Morgan fingerprint density at radius 3 is 2.29 bits per heavy atom. The highest BCUT2D eigenvalue weighted by Gasteiger charge is 2.30. The van der Waals surface area contributed by atoms with Crippen LogP contribution in [0, 0.1) is 12.8 Å². The average molecular weight is 478 g/mol.